The van der Waals surface area contributed by atoms with Crippen molar-refractivity contribution < 1.29 is 4.92 Å². The van der Waals surface area contributed by atoms with Gasteiger partial charge in [0.1, 0.15) is 0 Å². The van der Waals surface area contributed by atoms with E-state index < -0.39 is 6.04 Å². The lowest BCUT2D eigenvalue weighted by atomic mass is 9.68. The van der Waals surface area contributed by atoms with Gasteiger partial charge in [-0.05, 0) is 25.3 Å². The van der Waals surface area contributed by atoms with Gasteiger partial charge in [-0.25, -0.2) is 0 Å². The molecule has 0 spiro atoms. The molecule has 0 radical (unpaired) electrons. The molecule has 3 nitrogen and oxygen atoms in total. The van der Waals surface area contributed by atoms with E-state index in [2.05, 4.69) is 0 Å². The van der Waals surface area contributed by atoms with E-state index in [4.69, 9.17) is 0 Å². The van der Waals surface area contributed by atoms with Crippen LogP contribution in [0.15, 0.2) is 30.3 Å². The molecule has 0 aliphatic heterocycles. The quantitative estimate of drug-likeness (QED) is 0.566. The second-order valence-electron chi connectivity index (χ2n) is 4.83. The second-order valence-corrected chi connectivity index (χ2v) is 4.83. The van der Waals surface area contributed by atoms with Gasteiger partial charge in [0.05, 0.1) is 5.41 Å². The Kier molecular flexibility index (Phi) is 2.95. The number of hydrogen-bond donors (Lipinski definition) is 0. The first-order valence-corrected chi connectivity index (χ1v) is 5.83. The largest absolute Gasteiger partial charge is 0.264 e. The van der Waals surface area contributed by atoms with E-state index in [-0.39, 0.29) is 10.3 Å². The fraction of sp³-hybridized carbons (Fsp3) is 0.538. The molecule has 2 rings (SSSR count). The lowest BCUT2D eigenvalue weighted by Crippen LogP contribution is -2.44. The van der Waals surface area contributed by atoms with Crippen molar-refractivity contribution >= 4 is 0 Å². The number of nitrogens with zero attached hydrogens (tertiary/aromatic N) is 1. The average molecular weight is 219 g/mol. The van der Waals surface area contributed by atoms with Crippen molar-refractivity contribution in [3.05, 3.63) is 46.0 Å². The maximum atomic E-state index is 11.1. The number of rotatable bonds is 2. The van der Waals surface area contributed by atoms with E-state index in [0.29, 0.717) is 6.42 Å². The summed E-state index contributed by atoms with van der Waals surface area (Å²) in [5.74, 6) is 0. The summed E-state index contributed by atoms with van der Waals surface area (Å²) >= 11 is 0. The highest BCUT2D eigenvalue weighted by Crippen LogP contribution is 2.40. The van der Waals surface area contributed by atoms with Crippen LogP contribution in [0.3, 0.4) is 0 Å². The van der Waals surface area contributed by atoms with E-state index >= 15 is 0 Å². The normalized spacial score (nSPS) is 29.9. The third-order valence-corrected chi connectivity index (χ3v) is 3.85. The van der Waals surface area contributed by atoms with Crippen molar-refractivity contribution in [2.45, 2.75) is 44.1 Å². The molecule has 0 bridgehead atoms. The standard InChI is InChI=1S/C13H17NO2/c1-13(11-7-3-2-4-8-11)10-6-5-9-12(13)14(15)16/h2-4,7-8,12H,5-6,9-10H2,1H3. The minimum absolute atomic E-state index is 0.0911. The van der Waals surface area contributed by atoms with Gasteiger partial charge in [-0.15, -0.1) is 0 Å². The zero-order chi connectivity index (χ0) is 11.6. The molecule has 0 N–H and O–H groups in total. The van der Waals surface area contributed by atoms with Crippen LogP contribution in [-0.2, 0) is 5.41 Å². The maximum absolute atomic E-state index is 11.1. The zero-order valence-corrected chi connectivity index (χ0v) is 9.56. The Morgan fingerprint density at radius 3 is 2.62 bits per heavy atom. The highest BCUT2D eigenvalue weighted by molar-refractivity contribution is 5.26. The van der Waals surface area contributed by atoms with Crippen LogP contribution < -0.4 is 0 Å². The van der Waals surface area contributed by atoms with Crippen molar-refractivity contribution in [2.75, 3.05) is 0 Å². The molecule has 2 atom stereocenters. The molecule has 0 heterocycles. The first-order chi connectivity index (χ1) is 7.64. The number of benzene rings is 1. The second kappa shape index (κ2) is 4.24. The van der Waals surface area contributed by atoms with Gasteiger partial charge in [-0.3, -0.25) is 10.1 Å². The molecule has 1 fully saturated rings. The van der Waals surface area contributed by atoms with Gasteiger partial charge in [0.2, 0.25) is 6.04 Å². The molecular formula is C13H17NO2. The molecule has 1 saturated carbocycles. The summed E-state index contributed by atoms with van der Waals surface area (Å²) in [5, 5.41) is 11.1. The van der Waals surface area contributed by atoms with Crippen LogP contribution in [0.25, 0.3) is 0 Å². The number of hydrogen-bond acceptors (Lipinski definition) is 2. The van der Waals surface area contributed by atoms with E-state index in [9.17, 15) is 10.1 Å². The fourth-order valence-corrected chi connectivity index (χ4v) is 2.81. The van der Waals surface area contributed by atoms with E-state index in [1.165, 1.54) is 0 Å². The Morgan fingerprint density at radius 2 is 2.00 bits per heavy atom. The van der Waals surface area contributed by atoms with Gasteiger partial charge in [0, 0.05) is 11.3 Å². The summed E-state index contributed by atoms with van der Waals surface area (Å²) in [5.41, 5.74) is 0.819. The van der Waals surface area contributed by atoms with Crippen LogP contribution in [0.1, 0.15) is 38.2 Å². The van der Waals surface area contributed by atoms with Crippen LogP contribution in [0, 0.1) is 10.1 Å². The Bertz CT molecular complexity index is 377. The zero-order valence-electron chi connectivity index (χ0n) is 9.56. The first kappa shape index (κ1) is 11.1. The van der Waals surface area contributed by atoms with Crippen LogP contribution in [0.4, 0.5) is 0 Å². The molecule has 16 heavy (non-hydrogen) atoms. The molecule has 0 saturated heterocycles. The van der Waals surface area contributed by atoms with Crippen molar-refractivity contribution in [1.29, 1.82) is 0 Å². The maximum Gasteiger partial charge on any atom is 0.222 e. The summed E-state index contributed by atoms with van der Waals surface area (Å²) in [7, 11) is 0. The monoisotopic (exact) mass is 219 g/mol. The third-order valence-electron chi connectivity index (χ3n) is 3.85. The molecule has 86 valence electrons. The molecule has 3 heteroatoms. The lowest BCUT2D eigenvalue weighted by Gasteiger charge is -2.36. The molecule has 0 aromatic heterocycles. The molecule has 1 aliphatic rings. The van der Waals surface area contributed by atoms with E-state index in [1.807, 2.05) is 37.3 Å². The van der Waals surface area contributed by atoms with Crippen molar-refractivity contribution in [3.63, 3.8) is 0 Å². The van der Waals surface area contributed by atoms with Gasteiger partial charge < -0.3 is 0 Å². The summed E-state index contributed by atoms with van der Waals surface area (Å²) in [6.45, 7) is 2.04. The van der Waals surface area contributed by atoms with E-state index in [0.717, 1.165) is 24.8 Å². The van der Waals surface area contributed by atoms with Gasteiger partial charge in [0.25, 0.3) is 0 Å². The Labute approximate surface area is 95.6 Å². The SMILES string of the molecule is CC1(c2ccccc2)CCCCC1[N+](=O)[O-]. The summed E-state index contributed by atoms with van der Waals surface area (Å²) < 4.78 is 0. The Balaban J connectivity index is 2.37. The van der Waals surface area contributed by atoms with Gasteiger partial charge >= 0.3 is 0 Å². The molecule has 1 aromatic carbocycles. The predicted octanol–water partition coefficient (Wildman–Crippen LogP) is 3.16. The van der Waals surface area contributed by atoms with Crippen molar-refractivity contribution in [3.8, 4) is 0 Å². The van der Waals surface area contributed by atoms with Crippen molar-refractivity contribution in [1.82, 2.24) is 0 Å². The molecule has 1 aromatic rings. The summed E-state index contributed by atoms with van der Waals surface area (Å²) in [4.78, 5) is 11.1. The average Bonchev–Trinajstić information content (AvgIpc) is 2.30. The van der Waals surface area contributed by atoms with Crippen molar-refractivity contribution in [2.24, 2.45) is 0 Å². The minimum atomic E-state index is -0.427. The highest BCUT2D eigenvalue weighted by Gasteiger charge is 2.45. The molecule has 2 unspecified atom stereocenters. The van der Waals surface area contributed by atoms with Gasteiger partial charge in [-0.1, -0.05) is 36.8 Å². The Morgan fingerprint density at radius 1 is 1.31 bits per heavy atom. The highest BCUT2D eigenvalue weighted by atomic mass is 16.6. The fourth-order valence-electron chi connectivity index (χ4n) is 2.81. The number of nitro groups is 1. The summed E-state index contributed by atoms with van der Waals surface area (Å²) in [6, 6.07) is 9.49. The Hall–Kier alpha value is -1.38. The molecular weight excluding hydrogens is 202 g/mol. The topological polar surface area (TPSA) is 43.1 Å². The van der Waals surface area contributed by atoms with Crippen LogP contribution in [0.2, 0.25) is 0 Å². The summed E-state index contributed by atoms with van der Waals surface area (Å²) in [6.07, 6.45) is 3.70. The lowest BCUT2D eigenvalue weighted by molar-refractivity contribution is -0.538. The molecule has 0 amide bonds. The van der Waals surface area contributed by atoms with Gasteiger partial charge in [-0.2, -0.15) is 0 Å². The third kappa shape index (κ3) is 1.82. The minimum Gasteiger partial charge on any atom is -0.264 e. The van der Waals surface area contributed by atoms with Gasteiger partial charge in [0.15, 0.2) is 0 Å². The van der Waals surface area contributed by atoms with Crippen LogP contribution in [-0.4, -0.2) is 11.0 Å². The predicted molar refractivity (Wildman–Crippen MR) is 63.0 cm³/mol. The smallest absolute Gasteiger partial charge is 0.222 e. The van der Waals surface area contributed by atoms with Crippen LogP contribution in [0.5, 0.6) is 0 Å². The first-order valence-electron chi connectivity index (χ1n) is 5.83. The molecule has 1 aliphatic carbocycles. The van der Waals surface area contributed by atoms with Crippen LogP contribution >= 0.6 is 0 Å². The van der Waals surface area contributed by atoms with E-state index in [1.54, 1.807) is 0 Å².